The predicted octanol–water partition coefficient (Wildman–Crippen LogP) is 5.21. The maximum atomic E-state index is 6.24. The summed E-state index contributed by atoms with van der Waals surface area (Å²) in [4.78, 5) is 0. The van der Waals surface area contributed by atoms with E-state index in [1.165, 1.54) is 0 Å². The molecule has 0 saturated carbocycles. The maximum absolute atomic E-state index is 6.24. The molecule has 2 N–H and O–H groups in total. The molecule has 21 heavy (non-hydrogen) atoms. The van der Waals surface area contributed by atoms with Gasteiger partial charge in [0, 0.05) is 0 Å². The number of benzene rings is 2. The van der Waals surface area contributed by atoms with Crippen molar-refractivity contribution in [2.75, 3.05) is 5.73 Å². The van der Waals surface area contributed by atoms with Gasteiger partial charge in [-0.2, -0.15) is 0 Å². The number of aromatic nitrogens is 1. The summed E-state index contributed by atoms with van der Waals surface area (Å²) < 4.78 is 5.38. The minimum Gasteiger partial charge on any atom is -0.380 e. The molecular formula is C16H12Cl2N2O. The Balaban J connectivity index is 2.24. The molecule has 0 aliphatic heterocycles. The molecule has 0 radical (unpaired) electrons. The summed E-state index contributed by atoms with van der Waals surface area (Å²) in [7, 11) is 0. The fourth-order valence-electron chi connectivity index (χ4n) is 2.19. The second-order valence-electron chi connectivity index (χ2n) is 4.73. The summed E-state index contributed by atoms with van der Waals surface area (Å²) in [6.07, 6.45) is 0. The van der Waals surface area contributed by atoms with Gasteiger partial charge in [0.15, 0.2) is 11.6 Å². The van der Waals surface area contributed by atoms with E-state index < -0.39 is 0 Å². The van der Waals surface area contributed by atoms with Crippen molar-refractivity contribution in [2.24, 2.45) is 0 Å². The third kappa shape index (κ3) is 2.50. The van der Waals surface area contributed by atoms with E-state index in [-0.39, 0.29) is 0 Å². The van der Waals surface area contributed by atoms with Crippen LogP contribution in [0.1, 0.15) is 5.56 Å². The van der Waals surface area contributed by atoms with Gasteiger partial charge in [0.05, 0.1) is 21.2 Å². The van der Waals surface area contributed by atoms with Crippen molar-refractivity contribution in [3.8, 4) is 22.5 Å². The Morgan fingerprint density at radius 3 is 2.19 bits per heavy atom. The molecule has 3 aromatic rings. The lowest BCUT2D eigenvalue weighted by molar-refractivity contribution is 0.436. The smallest absolute Gasteiger partial charge is 0.179 e. The standard InChI is InChI=1S/C16H12Cl2N2O/c1-9-5-7-10(8-6-9)13-15(21-20-16(13)19)14-11(17)3-2-4-12(14)18/h2-8H,1H3,(H2,19,20). The van der Waals surface area contributed by atoms with Crippen molar-refractivity contribution < 1.29 is 4.52 Å². The van der Waals surface area contributed by atoms with Gasteiger partial charge < -0.3 is 10.3 Å². The van der Waals surface area contributed by atoms with Crippen molar-refractivity contribution >= 4 is 29.0 Å². The lowest BCUT2D eigenvalue weighted by Gasteiger charge is -2.06. The Bertz CT molecular complexity index is 774. The number of nitrogens with zero attached hydrogens (tertiary/aromatic N) is 1. The molecule has 106 valence electrons. The van der Waals surface area contributed by atoms with Crippen LogP contribution in [0.4, 0.5) is 5.82 Å². The number of rotatable bonds is 2. The molecule has 5 heteroatoms. The third-order valence-electron chi connectivity index (χ3n) is 3.25. The summed E-state index contributed by atoms with van der Waals surface area (Å²) in [5.74, 6) is 0.789. The van der Waals surface area contributed by atoms with Crippen LogP contribution in [-0.4, -0.2) is 5.16 Å². The number of halogens is 2. The number of nitrogens with two attached hydrogens (primary N) is 1. The minimum absolute atomic E-state index is 0.310. The monoisotopic (exact) mass is 318 g/mol. The Morgan fingerprint density at radius 1 is 0.952 bits per heavy atom. The van der Waals surface area contributed by atoms with Crippen LogP contribution < -0.4 is 5.73 Å². The first-order valence-electron chi connectivity index (χ1n) is 6.34. The number of hydrogen-bond donors (Lipinski definition) is 1. The largest absolute Gasteiger partial charge is 0.380 e. The highest BCUT2D eigenvalue weighted by Crippen LogP contribution is 2.42. The summed E-state index contributed by atoms with van der Waals surface area (Å²) >= 11 is 12.5. The van der Waals surface area contributed by atoms with Gasteiger partial charge in [0.2, 0.25) is 0 Å². The quantitative estimate of drug-likeness (QED) is 0.706. The highest BCUT2D eigenvalue weighted by Gasteiger charge is 2.21. The van der Waals surface area contributed by atoms with Crippen molar-refractivity contribution in [1.82, 2.24) is 5.16 Å². The SMILES string of the molecule is Cc1ccc(-c2c(N)noc2-c2c(Cl)cccc2Cl)cc1. The molecule has 0 aliphatic rings. The molecule has 0 bridgehead atoms. The first kappa shape index (κ1) is 14.0. The van der Waals surface area contributed by atoms with E-state index in [1.807, 2.05) is 31.2 Å². The molecule has 3 nitrogen and oxygen atoms in total. The van der Waals surface area contributed by atoms with Crippen LogP contribution in [0.5, 0.6) is 0 Å². The fourth-order valence-corrected chi connectivity index (χ4v) is 2.76. The van der Waals surface area contributed by atoms with Gasteiger partial charge in [0.1, 0.15) is 0 Å². The van der Waals surface area contributed by atoms with E-state index in [2.05, 4.69) is 5.16 Å². The highest BCUT2D eigenvalue weighted by molar-refractivity contribution is 6.39. The van der Waals surface area contributed by atoms with Crippen molar-refractivity contribution in [2.45, 2.75) is 6.92 Å². The molecule has 2 aromatic carbocycles. The molecule has 0 amide bonds. The molecule has 1 heterocycles. The van der Waals surface area contributed by atoms with Crippen LogP contribution in [0.25, 0.3) is 22.5 Å². The van der Waals surface area contributed by atoms with Crippen molar-refractivity contribution in [3.63, 3.8) is 0 Å². The molecule has 0 saturated heterocycles. The van der Waals surface area contributed by atoms with E-state index in [1.54, 1.807) is 18.2 Å². The number of hydrogen-bond acceptors (Lipinski definition) is 3. The van der Waals surface area contributed by atoms with Crippen LogP contribution >= 0.6 is 23.2 Å². The van der Waals surface area contributed by atoms with Crippen molar-refractivity contribution in [3.05, 3.63) is 58.1 Å². The number of anilines is 1. The molecule has 0 aliphatic carbocycles. The van der Waals surface area contributed by atoms with Crippen LogP contribution in [0.2, 0.25) is 10.0 Å². The summed E-state index contributed by atoms with van der Waals surface area (Å²) in [6, 6.07) is 13.2. The Labute approximate surface area is 132 Å². The topological polar surface area (TPSA) is 52.0 Å². The third-order valence-corrected chi connectivity index (χ3v) is 3.88. The van der Waals surface area contributed by atoms with Crippen LogP contribution in [0, 0.1) is 6.92 Å². The predicted molar refractivity (Wildman–Crippen MR) is 86.5 cm³/mol. The summed E-state index contributed by atoms with van der Waals surface area (Å²) in [6.45, 7) is 2.02. The highest BCUT2D eigenvalue weighted by atomic mass is 35.5. The Hall–Kier alpha value is -1.97. The average Bonchev–Trinajstić information content (AvgIpc) is 2.82. The summed E-state index contributed by atoms with van der Waals surface area (Å²) in [5.41, 5.74) is 9.32. The molecule has 0 spiro atoms. The number of aryl methyl sites for hydroxylation is 1. The van der Waals surface area contributed by atoms with Gasteiger partial charge in [-0.3, -0.25) is 0 Å². The fraction of sp³-hybridized carbons (Fsp3) is 0.0625. The van der Waals surface area contributed by atoms with Gasteiger partial charge in [-0.15, -0.1) is 0 Å². The maximum Gasteiger partial charge on any atom is 0.179 e. The molecule has 0 unspecified atom stereocenters. The minimum atomic E-state index is 0.310. The lowest BCUT2D eigenvalue weighted by Crippen LogP contribution is -1.89. The molecule has 1 aromatic heterocycles. The average molecular weight is 319 g/mol. The van der Waals surface area contributed by atoms with E-state index in [9.17, 15) is 0 Å². The van der Waals surface area contributed by atoms with Gasteiger partial charge in [-0.05, 0) is 24.6 Å². The summed E-state index contributed by atoms with van der Waals surface area (Å²) in [5, 5.41) is 4.84. The zero-order valence-electron chi connectivity index (χ0n) is 11.2. The Kier molecular flexibility index (Phi) is 3.62. The van der Waals surface area contributed by atoms with E-state index in [0.29, 0.717) is 32.8 Å². The molecule has 3 rings (SSSR count). The van der Waals surface area contributed by atoms with Gasteiger partial charge in [-0.1, -0.05) is 64.3 Å². The first-order chi connectivity index (χ1) is 10.1. The van der Waals surface area contributed by atoms with E-state index >= 15 is 0 Å². The molecule has 0 fully saturated rings. The van der Waals surface area contributed by atoms with Crippen molar-refractivity contribution in [1.29, 1.82) is 0 Å². The Morgan fingerprint density at radius 2 is 1.57 bits per heavy atom. The second-order valence-corrected chi connectivity index (χ2v) is 5.55. The van der Waals surface area contributed by atoms with Gasteiger partial charge in [-0.25, -0.2) is 0 Å². The number of nitrogen functional groups attached to an aromatic ring is 1. The molecule has 0 atom stereocenters. The molecular weight excluding hydrogens is 307 g/mol. The van der Waals surface area contributed by atoms with E-state index in [0.717, 1.165) is 11.1 Å². The van der Waals surface area contributed by atoms with Crippen LogP contribution in [0.3, 0.4) is 0 Å². The second kappa shape index (κ2) is 5.43. The first-order valence-corrected chi connectivity index (χ1v) is 7.10. The normalized spacial score (nSPS) is 10.8. The zero-order chi connectivity index (χ0) is 15.0. The van der Waals surface area contributed by atoms with Crippen LogP contribution in [-0.2, 0) is 0 Å². The lowest BCUT2D eigenvalue weighted by atomic mass is 10.0. The van der Waals surface area contributed by atoms with E-state index in [4.69, 9.17) is 33.5 Å². The van der Waals surface area contributed by atoms with Crippen LogP contribution in [0.15, 0.2) is 47.0 Å². The van der Waals surface area contributed by atoms with Gasteiger partial charge >= 0.3 is 0 Å². The zero-order valence-corrected chi connectivity index (χ0v) is 12.7. The van der Waals surface area contributed by atoms with Gasteiger partial charge in [0.25, 0.3) is 0 Å².